The highest BCUT2D eigenvalue weighted by Gasteiger charge is 2.33. The highest BCUT2D eigenvalue weighted by molar-refractivity contribution is 7.07. The molecule has 1 atom stereocenters. The van der Waals surface area contributed by atoms with Gasteiger partial charge in [-0.25, -0.2) is 0 Å². The van der Waals surface area contributed by atoms with Crippen LogP contribution in [0.2, 0.25) is 0 Å². The number of hydrogen-bond donors (Lipinski definition) is 1. The third-order valence-electron chi connectivity index (χ3n) is 4.33. The molecule has 96 valence electrons. The molecule has 0 spiro atoms. The summed E-state index contributed by atoms with van der Waals surface area (Å²) in [6.45, 7) is 10.4. The maximum absolute atomic E-state index is 3.72. The van der Waals surface area contributed by atoms with E-state index in [4.69, 9.17) is 0 Å². The van der Waals surface area contributed by atoms with E-state index in [9.17, 15) is 0 Å². The summed E-state index contributed by atoms with van der Waals surface area (Å²) in [5.41, 5.74) is 1.81. The Morgan fingerprint density at radius 3 is 2.82 bits per heavy atom. The average Bonchev–Trinajstić information content (AvgIpc) is 2.91. The van der Waals surface area contributed by atoms with Gasteiger partial charge in [0.05, 0.1) is 0 Å². The third kappa shape index (κ3) is 2.72. The minimum absolute atomic E-state index is 0.336. The fourth-order valence-corrected chi connectivity index (χ4v) is 3.51. The molecule has 1 aromatic heterocycles. The molecule has 1 aliphatic rings. The van der Waals surface area contributed by atoms with Crippen molar-refractivity contribution in [3.05, 3.63) is 22.4 Å². The van der Waals surface area contributed by atoms with Crippen molar-refractivity contribution in [1.29, 1.82) is 0 Å². The summed E-state index contributed by atoms with van der Waals surface area (Å²) < 4.78 is 0. The summed E-state index contributed by atoms with van der Waals surface area (Å²) in [7, 11) is 0. The van der Waals surface area contributed by atoms with Crippen LogP contribution in [0, 0.1) is 0 Å². The van der Waals surface area contributed by atoms with E-state index in [2.05, 4.69) is 47.8 Å². The molecule has 1 aromatic rings. The fourth-order valence-electron chi connectivity index (χ4n) is 2.77. The number of hydrogen-bond acceptors (Lipinski definition) is 3. The maximum Gasteiger partial charge on any atom is 0.0329 e. The van der Waals surface area contributed by atoms with E-state index in [1.54, 1.807) is 11.3 Å². The van der Waals surface area contributed by atoms with Crippen molar-refractivity contribution in [3.8, 4) is 0 Å². The summed E-state index contributed by atoms with van der Waals surface area (Å²) in [5.74, 6) is 0. The maximum atomic E-state index is 3.72. The van der Waals surface area contributed by atoms with Crippen LogP contribution in [-0.4, -0.2) is 30.1 Å². The molecule has 0 aliphatic carbocycles. The van der Waals surface area contributed by atoms with Gasteiger partial charge < -0.3 is 5.32 Å². The van der Waals surface area contributed by atoms with Gasteiger partial charge in [-0.1, -0.05) is 13.8 Å². The zero-order chi connectivity index (χ0) is 12.3. The third-order valence-corrected chi connectivity index (χ3v) is 5.03. The topological polar surface area (TPSA) is 15.3 Å². The predicted molar refractivity (Wildman–Crippen MR) is 75.6 cm³/mol. The summed E-state index contributed by atoms with van der Waals surface area (Å²) in [4.78, 5) is 2.63. The van der Waals surface area contributed by atoms with Gasteiger partial charge in [0.1, 0.15) is 0 Å². The Morgan fingerprint density at radius 1 is 1.47 bits per heavy atom. The molecule has 0 amide bonds. The smallest absolute Gasteiger partial charge is 0.0329 e. The molecule has 1 saturated heterocycles. The van der Waals surface area contributed by atoms with Crippen LogP contribution in [0.4, 0.5) is 0 Å². The van der Waals surface area contributed by atoms with Crippen LogP contribution in [0.1, 0.15) is 45.2 Å². The van der Waals surface area contributed by atoms with E-state index in [1.165, 1.54) is 31.5 Å². The SMILES string of the molecule is CCC1(CC)CN(C(C)c2ccsc2)CCN1. The molecule has 0 aromatic carbocycles. The van der Waals surface area contributed by atoms with Crippen molar-refractivity contribution in [3.63, 3.8) is 0 Å². The molecule has 0 saturated carbocycles. The molecule has 1 unspecified atom stereocenters. The molecule has 0 bridgehead atoms. The van der Waals surface area contributed by atoms with Gasteiger partial charge in [0.25, 0.3) is 0 Å². The molecule has 1 aliphatic heterocycles. The lowest BCUT2D eigenvalue weighted by molar-refractivity contribution is 0.0921. The van der Waals surface area contributed by atoms with E-state index in [0.29, 0.717) is 11.6 Å². The van der Waals surface area contributed by atoms with Crippen LogP contribution < -0.4 is 5.32 Å². The average molecular weight is 252 g/mol. The van der Waals surface area contributed by atoms with Crippen molar-refractivity contribution in [1.82, 2.24) is 10.2 Å². The summed E-state index contributed by atoms with van der Waals surface area (Å²) >= 11 is 1.80. The monoisotopic (exact) mass is 252 g/mol. The Labute approximate surface area is 109 Å². The first-order valence-corrected chi connectivity index (χ1v) is 7.66. The first kappa shape index (κ1) is 13.1. The first-order chi connectivity index (χ1) is 8.21. The van der Waals surface area contributed by atoms with Gasteiger partial charge in [-0.2, -0.15) is 11.3 Å². The minimum Gasteiger partial charge on any atom is -0.309 e. The zero-order valence-electron chi connectivity index (χ0n) is 11.2. The number of nitrogens with zero attached hydrogens (tertiary/aromatic N) is 1. The van der Waals surface area contributed by atoms with Crippen LogP contribution in [0.15, 0.2) is 16.8 Å². The quantitative estimate of drug-likeness (QED) is 0.885. The second-order valence-corrected chi connectivity index (χ2v) is 5.90. The lowest BCUT2D eigenvalue weighted by atomic mass is 9.89. The highest BCUT2D eigenvalue weighted by Crippen LogP contribution is 2.28. The number of rotatable bonds is 4. The summed E-state index contributed by atoms with van der Waals surface area (Å²) in [6.07, 6.45) is 2.44. The van der Waals surface area contributed by atoms with Gasteiger partial charge in [-0.15, -0.1) is 0 Å². The summed E-state index contributed by atoms with van der Waals surface area (Å²) in [6, 6.07) is 2.82. The van der Waals surface area contributed by atoms with Crippen molar-refractivity contribution >= 4 is 11.3 Å². The number of thiophene rings is 1. The van der Waals surface area contributed by atoms with Gasteiger partial charge in [-0.3, -0.25) is 4.90 Å². The zero-order valence-corrected chi connectivity index (χ0v) is 12.0. The Hall–Kier alpha value is -0.380. The Balaban J connectivity index is 2.07. The molecule has 2 rings (SSSR count). The van der Waals surface area contributed by atoms with Crippen molar-refractivity contribution in [2.75, 3.05) is 19.6 Å². The van der Waals surface area contributed by atoms with Crippen LogP contribution >= 0.6 is 11.3 Å². The Kier molecular flexibility index (Phi) is 4.23. The lowest BCUT2D eigenvalue weighted by Crippen LogP contribution is -2.60. The number of nitrogens with one attached hydrogen (secondary N) is 1. The van der Waals surface area contributed by atoms with E-state index in [1.807, 2.05) is 0 Å². The largest absolute Gasteiger partial charge is 0.309 e. The minimum atomic E-state index is 0.336. The standard InChI is InChI=1S/C14H24N2S/c1-4-14(5-2)11-16(8-7-15-14)12(3)13-6-9-17-10-13/h6,9-10,12,15H,4-5,7-8,11H2,1-3H3. The fraction of sp³-hybridized carbons (Fsp3) is 0.714. The van der Waals surface area contributed by atoms with Crippen LogP contribution in [0.3, 0.4) is 0 Å². The van der Waals surface area contributed by atoms with Crippen LogP contribution in [0.5, 0.6) is 0 Å². The normalized spacial score (nSPS) is 22.5. The van der Waals surface area contributed by atoms with Crippen LogP contribution in [-0.2, 0) is 0 Å². The molecule has 0 radical (unpaired) electrons. The molecule has 2 heterocycles. The van der Waals surface area contributed by atoms with Crippen LogP contribution in [0.25, 0.3) is 0 Å². The second-order valence-electron chi connectivity index (χ2n) is 5.12. The molecular formula is C14H24N2S. The Bertz CT molecular complexity index is 330. The van der Waals surface area contributed by atoms with E-state index < -0.39 is 0 Å². The van der Waals surface area contributed by atoms with Crippen molar-refractivity contribution < 1.29 is 0 Å². The van der Waals surface area contributed by atoms with Gasteiger partial charge in [-0.05, 0) is 42.2 Å². The molecular weight excluding hydrogens is 228 g/mol. The molecule has 1 fully saturated rings. The van der Waals surface area contributed by atoms with E-state index >= 15 is 0 Å². The Morgan fingerprint density at radius 2 is 2.24 bits per heavy atom. The molecule has 3 heteroatoms. The van der Waals surface area contributed by atoms with Gasteiger partial charge in [0.15, 0.2) is 0 Å². The van der Waals surface area contributed by atoms with Crippen molar-refractivity contribution in [2.45, 2.75) is 45.2 Å². The molecule has 2 nitrogen and oxygen atoms in total. The molecule has 1 N–H and O–H groups in total. The van der Waals surface area contributed by atoms with Gasteiger partial charge in [0, 0.05) is 31.2 Å². The lowest BCUT2D eigenvalue weighted by Gasteiger charge is -2.45. The van der Waals surface area contributed by atoms with Gasteiger partial charge >= 0.3 is 0 Å². The van der Waals surface area contributed by atoms with Gasteiger partial charge in [0.2, 0.25) is 0 Å². The molecule has 17 heavy (non-hydrogen) atoms. The van der Waals surface area contributed by atoms with E-state index in [0.717, 1.165) is 6.54 Å². The van der Waals surface area contributed by atoms with E-state index in [-0.39, 0.29) is 0 Å². The first-order valence-electron chi connectivity index (χ1n) is 6.72. The number of piperazine rings is 1. The van der Waals surface area contributed by atoms with Crippen molar-refractivity contribution in [2.24, 2.45) is 0 Å². The predicted octanol–water partition coefficient (Wildman–Crippen LogP) is 3.27. The highest BCUT2D eigenvalue weighted by atomic mass is 32.1. The summed E-state index contributed by atoms with van der Waals surface area (Å²) in [5, 5.41) is 8.19. The second kappa shape index (κ2) is 5.51.